The van der Waals surface area contributed by atoms with E-state index in [1.54, 1.807) is 0 Å². The minimum Gasteiger partial charge on any atom is -0.368 e. The van der Waals surface area contributed by atoms with Crippen molar-refractivity contribution in [3.8, 4) is 0 Å². The number of nitrogens with zero attached hydrogens (tertiary/aromatic N) is 1. The van der Waals surface area contributed by atoms with Crippen molar-refractivity contribution >= 4 is 18.3 Å². The minimum absolute atomic E-state index is 0.436. The molecule has 0 amide bonds. The Labute approximate surface area is 129 Å². The number of hydrogen-bond acceptors (Lipinski definition) is 2. The molecule has 1 atom stereocenters. The molecule has 0 N–H and O–H groups in total. The maximum absolute atomic E-state index is 4.74. The first-order valence-electron chi connectivity index (χ1n) is 8.19. The van der Waals surface area contributed by atoms with Gasteiger partial charge in [-0.2, -0.15) is 12.6 Å². The van der Waals surface area contributed by atoms with Crippen molar-refractivity contribution in [3.05, 3.63) is 29.8 Å². The summed E-state index contributed by atoms with van der Waals surface area (Å²) in [5.41, 5.74) is 3.44. The number of thiol groups is 1. The van der Waals surface area contributed by atoms with Crippen molar-refractivity contribution < 1.29 is 0 Å². The Morgan fingerprint density at radius 3 is 2.55 bits per heavy atom. The Bertz CT molecular complexity index is 448. The molecule has 1 aliphatic carbocycles. The second-order valence-electron chi connectivity index (χ2n) is 6.88. The standard InChI is InChI=1S/C18H27NS/c1-15-12-16-8-4-5-9-17(16)19(15)13-18(14-20)10-6-2-3-7-11-18/h4-5,8-9,15,20H,2-3,6-7,10-14H2,1H3. The molecule has 1 aliphatic heterocycles. The molecule has 1 heterocycles. The fourth-order valence-corrected chi connectivity index (χ4v) is 4.49. The molecular weight excluding hydrogens is 262 g/mol. The van der Waals surface area contributed by atoms with Crippen LogP contribution in [0.2, 0.25) is 0 Å². The Balaban J connectivity index is 1.82. The van der Waals surface area contributed by atoms with Crippen LogP contribution in [0.1, 0.15) is 51.0 Å². The van der Waals surface area contributed by atoms with Crippen LogP contribution in [0.4, 0.5) is 5.69 Å². The molecule has 1 fully saturated rings. The fourth-order valence-electron chi connectivity index (χ4n) is 4.08. The normalized spacial score (nSPS) is 25.3. The summed E-state index contributed by atoms with van der Waals surface area (Å²) < 4.78 is 0. The fraction of sp³-hybridized carbons (Fsp3) is 0.667. The van der Waals surface area contributed by atoms with E-state index in [1.807, 2.05) is 0 Å². The van der Waals surface area contributed by atoms with Gasteiger partial charge in [-0.05, 0) is 49.0 Å². The number of hydrogen-bond donors (Lipinski definition) is 1. The molecule has 2 aliphatic rings. The van der Waals surface area contributed by atoms with E-state index in [0.717, 1.165) is 5.75 Å². The molecule has 110 valence electrons. The third-order valence-electron chi connectivity index (χ3n) is 5.35. The summed E-state index contributed by atoms with van der Waals surface area (Å²) >= 11 is 4.74. The van der Waals surface area contributed by atoms with Crippen LogP contribution in [0.15, 0.2) is 24.3 Å². The molecule has 1 unspecified atom stereocenters. The van der Waals surface area contributed by atoms with Crippen molar-refractivity contribution in [2.24, 2.45) is 5.41 Å². The van der Waals surface area contributed by atoms with Crippen LogP contribution < -0.4 is 4.90 Å². The molecule has 0 saturated heterocycles. The smallest absolute Gasteiger partial charge is 0.0402 e. The van der Waals surface area contributed by atoms with Crippen molar-refractivity contribution in [2.75, 3.05) is 17.2 Å². The van der Waals surface area contributed by atoms with Gasteiger partial charge in [0.05, 0.1) is 0 Å². The summed E-state index contributed by atoms with van der Waals surface area (Å²) in [5.74, 6) is 1.04. The first-order valence-corrected chi connectivity index (χ1v) is 8.83. The summed E-state index contributed by atoms with van der Waals surface area (Å²) in [7, 11) is 0. The molecule has 0 radical (unpaired) electrons. The van der Waals surface area contributed by atoms with Crippen molar-refractivity contribution in [2.45, 2.75) is 57.9 Å². The second-order valence-corrected chi connectivity index (χ2v) is 7.20. The van der Waals surface area contributed by atoms with Gasteiger partial charge in [0.2, 0.25) is 0 Å². The Morgan fingerprint density at radius 2 is 1.85 bits per heavy atom. The number of para-hydroxylation sites is 1. The van der Waals surface area contributed by atoms with Gasteiger partial charge in [-0.25, -0.2) is 0 Å². The molecule has 1 nitrogen and oxygen atoms in total. The number of fused-ring (bicyclic) bond motifs is 1. The molecule has 0 bridgehead atoms. The lowest BCUT2D eigenvalue weighted by molar-refractivity contribution is 0.285. The van der Waals surface area contributed by atoms with Crippen LogP contribution in [0, 0.1) is 5.41 Å². The van der Waals surface area contributed by atoms with Gasteiger partial charge in [-0.15, -0.1) is 0 Å². The average Bonchev–Trinajstić information content (AvgIpc) is 2.65. The molecule has 2 heteroatoms. The summed E-state index contributed by atoms with van der Waals surface area (Å²) in [5, 5.41) is 0. The topological polar surface area (TPSA) is 3.24 Å². The van der Waals surface area contributed by atoms with Gasteiger partial charge >= 0.3 is 0 Å². The highest BCUT2D eigenvalue weighted by Gasteiger charge is 2.35. The molecule has 3 rings (SSSR count). The van der Waals surface area contributed by atoms with E-state index in [0.29, 0.717) is 11.5 Å². The molecule has 1 aromatic rings. The van der Waals surface area contributed by atoms with Crippen LogP contribution >= 0.6 is 12.6 Å². The van der Waals surface area contributed by atoms with Crippen molar-refractivity contribution in [1.82, 2.24) is 0 Å². The lowest BCUT2D eigenvalue weighted by Crippen LogP contribution is -2.41. The van der Waals surface area contributed by atoms with Gasteiger partial charge in [-0.1, -0.05) is 43.9 Å². The van der Waals surface area contributed by atoms with Crippen LogP contribution in [0.25, 0.3) is 0 Å². The summed E-state index contributed by atoms with van der Waals surface area (Å²) in [4.78, 5) is 2.66. The summed E-state index contributed by atoms with van der Waals surface area (Å²) in [6, 6.07) is 9.61. The predicted molar refractivity (Wildman–Crippen MR) is 90.9 cm³/mol. The summed E-state index contributed by atoms with van der Waals surface area (Å²) in [6.07, 6.45) is 9.56. The number of benzene rings is 1. The van der Waals surface area contributed by atoms with Crippen LogP contribution in [-0.2, 0) is 6.42 Å². The molecule has 1 aromatic carbocycles. The van der Waals surface area contributed by atoms with E-state index in [1.165, 1.54) is 62.7 Å². The predicted octanol–water partition coefficient (Wildman–Crippen LogP) is 4.71. The van der Waals surface area contributed by atoms with Crippen molar-refractivity contribution in [3.63, 3.8) is 0 Å². The van der Waals surface area contributed by atoms with E-state index in [4.69, 9.17) is 12.6 Å². The first kappa shape index (κ1) is 14.3. The number of anilines is 1. The Hall–Kier alpha value is -0.630. The van der Waals surface area contributed by atoms with Crippen molar-refractivity contribution in [1.29, 1.82) is 0 Å². The van der Waals surface area contributed by atoms with E-state index in [-0.39, 0.29) is 0 Å². The monoisotopic (exact) mass is 289 g/mol. The molecule has 0 spiro atoms. The summed E-state index contributed by atoms with van der Waals surface area (Å²) in [6.45, 7) is 3.58. The maximum Gasteiger partial charge on any atom is 0.0402 e. The highest BCUT2D eigenvalue weighted by atomic mass is 32.1. The number of rotatable bonds is 3. The van der Waals surface area contributed by atoms with Crippen LogP contribution in [-0.4, -0.2) is 18.3 Å². The van der Waals surface area contributed by atoms with Gasteiger partial charge < -0.3 is 4.90 Å². The van der Waals surface area contributed by atoms with E-state index in [9.17, 15) is 0 Å². The third-order valence-corrected chi connectivity index (χ3v) is 6.02. The van der Waals surface area contributed by atoms with Gasteiger partial charge in [0, 0.05) is 18.3 Å². The van der Waals surface area contributed by atoms with E-state index < -0.39 is 0 Å². The molecular formula is C18H27NS. The zero-order valence-electron chi connectivity index (χ0n) is 12.6. The molecule has 0 aromatic heterocycles. The lowest BCUT2D eigenvalue weighted by Gasteiger charge is -2.38. The highest BCUT2D eigenvalue weighted by Crippen LogP contribution is 2.41. The van der Waals surface area contributed by atoms with E-state index in [2.05, 4.69) is 36.1 Å². The first-order chi connectivity index (χ1) is 9.74. The van der Waals surface area contributed by atoms with E-state index >= 15 is 0 Å². The van der Waals surface area contributed by atoms with Gasteiger partial charge in [0.1, 0.15) is 0 Å². The largest absolute Gasteiger partial charge is 0.368 e. The molecule has 1 saturated carbocycles. The average molecular weight is 289 g/mol. The maximum atomic E-state index is 4.74. The zero-order valence-corrected chi connectivity index (χ0v) is 13.5. The van der Waals surface area contributed by atoms with Gasteiger partial charge in [-0.3, -0.25) is 0 Å². The van der Waals surface area contributed by atoms with Gasteiger partial charge in [0.15, 0.2) is 0 Å². The Morgan fingerprint density at radius 1 is 1.15 bits per heavy atom. The second kappa shape index (κ2) is 6.01. The zero-order chi connectivity index (χ0) is 14.0. The SMILES string of the molecule is CC1Cc2ccccc2N1CC1(CS)CCCCCC1. The quantitative estimate of drug-likeness (QED) is 0.623. The minimum atomic E-state index is 0.436. The van der Waals surface area contributed by atoms with Gasteiger partial charge in [0.25, 0.3) is 0 Å². The van der Waals surface area contributed by atoms with Crippen LogP contribution in [0.5, 0.6) is 0 Å². The molecule has 20 heavy (non-hydrogen) atoms. The third kappa shape index (κ3) is 2.72. The van der Waals surface area contributed by atoms with Crippen LogP contribution in [0.3, 0.4) is 0 Å². The lowest BCUT2D eigenvalue weighted by atomic mass is 9.81. The Kier molecular flexibility index (Phi) is 4.30. The highest BCUT2D eigenvalue weighted by molar-refractivity contribution is 7.80.